The normalized spacial score (nSPS) is 17.8. The van der Waals surface area contributed by atoms with Crippen molar-refractivity contribution >= 4 is 11.8 Å². The lowest BCUT2D eigenvalue weighted by molar-refractivity contribution is 0.0695. The number of morpholine rings is 1. The molecule has 1 N–H and O–H groups in total. The highest BCUT2D eigenvalue weighted by Gasteiger charge is 2.22. The molecular weight excluding hydrogens is 284 g/mol. The molecule has 6 heteroatoms. The molecule has 0 atom stereocenters. The number of rotatable bonds is 2. The van der Waals surface area contributed by atoms with Gasteiger partial charge in [-0.05, 0) is 18.1 Å². The van der Waals surface area contributed by atoms with E-state index in [1.807, 2.05) is 13.8 Å². The summed E-state index contributed by atoms with van der Waals surface area (Å²) in [4.78, 5) is 18.3. The van der Waals surface area contributed by atoms with Crippen molar-refractivity contribution in [1.29, 1.82) is 0 Å². The maximum atomic E-state index is 11.5. The Bertz CT molecular complexity index is 513. The number of nitrogens with zero attached hydrogens (tertiary/aromatic N) is 2. The van der Waals surface area contributed by atoms with Gasteiger partial charge in [0, 0.05) is 25.2 Å². The van der Waals surface area contributed by atoms with Crippen molar-refractivity contribution in [2.75, 3.05) is 44.4 Å². The minimum Gasteiger partial charge on any atom is -0.478 e. The Morgan fingerprint density at radius 1 is 1.14 bits per heavy atom. The van der Waals surface area contributed by atoms with Gasteiger partial charge in [-0.25, -0.2) is 9.78 Å². The van der Waals surface area contributed by atoms with E-state index in [1.165, 1.54) is 0 Å². The first kappa shape index (κ1) is 16.7. The molecule has 3 heterocycles. The predicted molar refractivity (Wildman–Crippen MR) is 83.8 cm³/mol. The Labute approximate surface area is 131 Å². The number of ether oxygens (including phenoxy) is 2. The fourth-order valence-electron chi connectivity index (χ4n) is 2.69. The van der Waals surface area contributed by atoms with Crippen LogP contribution in [-0.2, 0) is 22.3 Å². The van der Waals surface area contributed by atoms with Crippen LogP contribution in [0, 0.1) is 0 Å². The van der Waals surface area contributed by atoms with E-state index < -0.39 is 5.97 Å². The van der Waals surface area contributed by atoms with Crippen molar-refractivity contribution in [2.45, 2.75) is 26.7 Å². The number of hydrogen-bond acceptors (Lipinski definition) is 5. The van der Waals surface area contributed by atoms with Gasteiger partial charge in [0.1, 0.15) is 5.82 Å². The average molecular weight is 308 g/mol. The van der Waals surface area contributed by atoms with Gasteiger partial charge in [-0.2, -0.15) is 0 Å². The zero-order chi connectivity index (χ0) is 15.9. The zero-order valence-electron chi connectivity index (χ0n) is 13.3. The van der Waals surface area contributed by atoms with Gasteiger partial charge in [0.05, 0.1) is 32.0 Å². The van der Waals surface area contributed by atoms with Gasteiger partial charge in [0.25, 0.3) is 0 Å². The molecule has 0 spiro atoms. The van der Waals surface area contributed by atoms with Crippen LogP contribution in [-0.4, -0.2) is 55.6 Å². The standard InChI is InChI=1S/C14H18N2O4.C2H6/c17-14(18)11-9-13(16-3-7-20-8-4-16)15-12-2-6-19-5-1-10(11)12;1-2/h9H,1-8H2,(H,17,18);1-2H3. The Hall–Kier alpha value is -1.66. The summed E-state index contributed by atoms with van der Waals surface area (Å²) in [6.07, 6.45) is 1.29. The number of fused-ring (bicyclic) bond motifs is 1. The van der Waals surface area contributed by atoms with Gasteiger partial charge in [-0.15, -0.1) is 0 Å². The molecular formula is C16H24N2O4. The first-order valence-corrected chi connectivity index (χ1v) is 7.92. The molecule has 6 nitrogen and oxygen atoms in total. The fraction of sp³-hybridized carbons (Fsp3) is 0.625. The molecule has 0 bridgehead atoms. The zero-order valence-corrected chi connectivity index (χ0v) is 13.3. The number of carbonyl (C=O) groups is 1. The minimum absolute atomic E-state index is 0.363. The van der Waals surface area contributed by atoms with Gasteiger partial charge < -0.3 is 19.5 Å². The maximum absolute atomic E-state index is 11.5. The number of carboxylic acids is 1. The predicted octanol–water partition coefficient (Wildman–Crippen LogP) is 1.76. The summed E-state index contributed by atoms with van der Waals surface area (Å²) in [7, 11) is 0. The van der Waals surface area contributed by atoms with Gasteiger partial charge in [-0.3, -0.25) is 0 Å². The van der Waals surface area contributed by atoms with Crippen LogP contribution >= 0.6 is 0 Å². The molecule has 2 aliphatic rings. The molecule has 0 saturated carbocycles. The van der Waals surface area contributed by atoms with E-state index >= 15 is 0 Å². The quantitative estimate of drug-likeness (QED) is 0.897. The van der Waals surface area contributed by atoms with Crippen molar-refractivity contribution in [3.63, 3.8) is 0 Å². The number of hydrogen-bond donors (Lipinski definition) is 1. The summed E-state index contributed by atoms with van der Waals surface area (Å²) in [5.41, 5.74) is 2.05. The number of pyridine rings is 1. The lowest BCUT2D eigenvalue weighted by atomic mass is 10.0. The summed E-state index contributed by atoms with van der Waals surface area (Å²) in [6.45, 7) is 7.98. The lowest BCUT2D eigenvalue weighted by Crippen LogP contribution is -2.37. The van der Waals surface area contributed by atoms with Crippen LogP contribution in [0.1, 0.15) is 35.5 Å². The van der Waals surface area contributed by atoms with Gasteiger partial charge in [0.2, 0.25) is 0 Å². The summed E-state index contributed by atoms with van der Waals surface area (Å²) in [5.74, 6) is -0.147. The van der Waals surface area contributed by atoms with Crippen molar-refractivity contribution in [3.8, 4) is 0 Å². The Kier molecular flexibility index (Phi) is 6.15. The molecule has 1 saturated heterocycles. The van der Waals surface area contributed by atoms with Gasteiger partial charge >= 0.3 is 5.97 Å². The number of anilines is 1. The molecule has 22 heavy (non-hydrogen) atoms. The van der Waals surface area contributed by atoms with Crippen molar-refractivity contribution in [2.24, 2.45) is 0 Å². The molecule has 0 unspecified atom stereocenters. The largest absolute Gasteiger partial charge is 0.478 e. The van der Waals surface area contributed by atoms with Gasteiger partial charge in [-0.1, -0.05) is 13.8 Å². The van der Waals surface area contributed by atoms with Crippen LogP contribution in [0.4, 0.5) is 5.82 Å². The van der Waals surface area contributed by atoms with E-state index in [4.69, 9.17) is 9.47 Å². The second-order valence-electron chi connectivity index (χ2n) is 4.97. The monoisotopic (exact) mass is 308 g/mol. The summed E-state index contributed by atoms with van der Waals surface area (Å²) in [5, 5.41) is 9.44. The third kappa shape index (κ3) is 3.75. The first-order valence-electron chi connectivity index (χ1n) is 7.92. The highest BCUT2D eigenvalue weighted by Crippen LogP contribution is 2.24. The SMILES string of the molecule is CC.O=C(O)c1cc(N2CCOCC2)nc2c1CCOCC2. The molecule has 0 amide bonds. The van der Waals surface area contributed by atoms with E-state index in [2.05, 4.69) is 9.88 Å². The second-order valence-corrected chi connectivity index (χ2v) is 4.97. The van der Waals surface area contributed by atoms with E-state index in [1.54, 1.807) is 6.07 Å². The van der Waals surface area contributed by atoms with Crippen molar-refractivity contribution < 1.29 is 19.4 Å². The van der Waals surface area contributed by atoms with Crippen molar-refractivity contribution in [3.05, 3.63) is 22.9 Å². The molecule has 0 aromatic carbocycles. The molecule has 1 aromatic rings. The highest BCUT2D eigenvalue weighted by molar-refractivity contribution is 5.90. The van der Waals surface area contributed by atoms with Crippen LogP contribution < -0.4 is 4.90 Å². The third-order valence-corrected chi connectivity index (χ3v) is 3.74. The number of carboxylic acid groups (broad SMARTS) is 1. The lowest BCUT2D eigenvalue weighted by Gasteiger charge is -2.28. The van der Waals surface area contributed by atoms with Crippen LogP contribution in [0.15, 0.2) is 6.07 Å². The highest BCUT2D eigenvalue weighted by atomic mass is 16.5. The van der Waals surface area contributed by atoms with Crippen LogP contribution in [0.2, 0.25) is 0 Å². The number of aromatic nitrogens is 1. The number of aromatic carboxylic acids is 1. The summed E-state index contributed by atoms with van der Waals surface area (Å²) >= 11 is 0. The fourth-order valence-corrected chi connectivity index (χ4v) is 2.69. The molecule has 0 aliphatic carbocycles. The first-order chi connectivity index (χ1) is 10.8. The Morgan fingerprint density at radius 2 is 1.77 bits per heavy atom. The summed E-state index contributed by atoms with van der Waals surface area (Å²) in [6, 6.07) is 1.69. The average Bonchev–Trinajstić information content (AvgIpc) is 2.81. The van der Waals surface area contributed by atoms with E-state index in [-0.39, 0.29) is 0 Å². The Balaban J connectivity index is 0.000000847. The molecule has 1 fully saturated rings. The topological polar surface area (TPSA) is 71.9 Å². The molecule has 2 aliphatic heterocycles. The molecule has 1 aromatic heterocycles. The smallest absolute Gasteiger partial charge is 0.336 e. The summed E-state index contributed by atoms with van der Waals surface area (Å²) < 4.78 is 10.8. The van der Waals surface area contributed by atoms with E-state index in [0.29, 0.717) is 44.8 Å². The minimum atomic E-state index is -0.889. The van der Waals surface area contributed by atoms with E-state index in [9.17, 15) is 9.90 Å². The maximum Gasteiger partial charge on any atom is 0.336 e. The third-order valence-electron chi connectivity index (χ3n) is 3.74. The Morgan fingerprint density at radius 3 is 2.45 bits per heavy atom. The van der Waals surface area contributed by atoms with Crippen LogP contribution in [0.3, 0.4) is 0 Å². The molecule has 0 radical (unpaired) electrons. The molecule has 3 rings (SSSR count). The second kappa shape index (κ2) is 8.10. The van der Waals surface area contributed by atoms with Crippen LogP contribution in [0.25, 0.3) is 0 Å². The van der Waals surface area contributed by atoms with E-state index in [0.717, 1.165) is 30.2 Å². The van der Waals surface area contributed by atoms with Gasteiger partial charge in [0.15, 0.2) is 0 Å². The van der Waals surface area contributed by atoms with Crippen LogP contribution in [0.5, 0.6) is 0 Å². The van der Waals surface area contributed by atoms with Crippen molar-refractivity contribution in [1.82, 2.24) is 4.98 Å². The molecule has 122 valence electrons.